The van der Waals surface area contributed by atoms with E-state index in [1.165, 1.54) is 6.33 Å². The Hall–Kier alpha value is -1.99. The van der Waals surface area contributed by atoms with E-state index in [0.717, 1.165) is 16.6 Å². The summed E-state index contributed by atoms with van der Waals surface area (Å²) < 4.78 is 2.37. The molecule has 1 aromatic carbocycles. The van der Waals surface area contributed by atoms with Crippen molar-refractivity contribution in [1.29, 1.82) is 0 Å². The number of anilines is 1. The summed E-state index contributed by atoms with van der Waals surface area (Å²) in [7, 11) is 1.83. The molecule has 2 atom stereocenters. The molecule has 0 spiro atoms. The lowest BCUT2D eigenvalue weighted by molar-refractivity contribution is 0.158. The van der Waals surface area contributed by atoms with Crippen LogP contribution in [-0.4, -0.2) is 37.0 Å². The van der Waals surface area contributed by atoms with Gasteiger partial charge in [-0.25, -0.2) is 14.6 Å². The van der Waals surface area contributed by atoms with Crippen LogP contribution in [0.2, 0.25) is 0 Å². The van der Waals surface area contributed by atoms with Crippen LogP contribution in [-0.2, 0) is 13.5 Å². The van der Waals surface area contributed by atoms with Crippen LogP contribution in [0.1, 0.15) is 12.5 Å². The van der Waals surface area contributed by atoms with Crippen molar-refractivity contribution in [3.05, 3.63) is 46.8 Å². The Morgan fingerprint density at radius 3 is 2.74 bits per heavy atom. The van der Waals surface area contributed by atoms with Gasteiger partial charge in [0.2, 0.25) is 0 Å². The average Bonchev–Trinajstić information content (AvgIpc) is 2.84. The summed E-state index contributed by atoms with van der Waals surface area (Å²) in [4.78, 5) is 8.53. The minimum absolute atomic E-state index is 0.166. The van der Waals surface area contributed by atoms with E-state index < -0.39 is 6.10 Å². The first-order valence-corrected chi connectivity index (χ1v) is 8.17. The third-order valence-electron chi connectivity index (χ3n) is 3.81. The highest BCUT2D eigenvalue weighted by molar-refractivity contribution is 9.10. The van der Waals surface area contributed by atoms with Crippen LogP contribution in [0, 0.1) is 0 Å². The number of rotatable bonds is 5. The fourth-order valence-electron chi connectivity index (χ4n) is 2.49. The molecular weight excluding hydrogens is 358 g/mol. The SMILES string of the molecule is CC(Nc1ncnc2c1c(Br)nn2C)C(O)Cc1ccccc1. The number of fused-ring (bicyclic) bond motifs is 1. The van der Waals surface area contributed by atoms with Gasteiger partial charge in [0.15, 0.2) is 5.65 Å². The number of hydrogen-bond acceptors (Lipinski definition) is 5. The number of aryl methyl sites for hydroxylation is 1. The molecule has 3 aromatic rings. The minimum atomic E-state index is -0.530. The predicted molar refractivity (Wildman–Crippen MR) is 93.2 cm³/mol. The molecule has 0 fully saturated rings. The van der Waals surface area contributed by atoms with Crippen LogP contribution >= 0.6 is 15.9 Å². The van der Waals surface area contributed by atoms with Crippen molar-refractivity contribution < 1.29 is 5.11 Å². The van der Waals surface area contributed by atoms with Crippen LogP contribution in [0.5, 0.6) is 0 Å². The standard InChI is InChI=1S/C16H18BrN5O/c1-10(12(23)8-11-6-4-3-5-7-11)20-15-13-14(17)21-22(2)16(13)19-9-18-15/h3-7,9-10,12,23H,8H2,1-2H3,(H,18,19,20). The first-order valence-electron chi connectivity index (χ1n) is 7.38. The summed E-state index contributed by atoms with van der Waals surface area (Å²) in [6, 6.07) is 9.77. The van der Waals surface area contributed by atoms with Gasteiger partial charge in [-0.2, -0.15) is 5.10 Å². The van der Waals surface area contributed by atoms with Gasteiger partial charge in [0.25, 0.3) is 0 Å². The molecule has 0 saturated carbocycles. The number of aliphatic hydroxyl groups is 1. The second-order valence-electron chi connectivity index (χ2n) is 5.53. The quantitative estimate of drug-likeness (QED) is 0.716. The van der Waals surface area contributed by atoms with Crippen LogP contribution in [0.25, 0.3) is 11.0 Å². The van der Waals surface area contributed by atoms with Gasteiger partial charge in [-0.1, -0.05) is 30.3 Å². The average molecular weight is 376 g/mol. The molecule has 0 aliphatic rings. The lowest BCUT2D eigenvalue weighted by atomic mass is 10.0. The fraction of sp³-hybridized carbons (Fsp3) is 0.312. The molecule has 120 valence electrons. The van der Waals surface area contributed by atoms with Crippen molar-refractivity contribution in [2.45, 2.75) is 25.5 Å². The lowest BCUT2D eigenvalue weighted by Gasteiger charge is -2.21. The number of nitrogens with zero attached hydrogens (tertiary/aromatic N) is 4. The molecule has 2 heterocycles. The van der Waals surface area contributed by atoms with Gasteiger partial charge in [-0.15, -0.1) is 0 Å². The van der Waals surface area contributed by atoms with Gasteiger partial charge in [-0.3, -0.25) is 0 Å². The van der Waals surface area contributed by atoms with E-state index in [-0.39, 0.29) is 6.04 Å². The van der Waals surface area contributed by atoms with E-state index in [2.05, 4.69) is 36.3 Å². The minimum Gasteiger partial charge on any atom is -0.391 e. The third-order valence-corrected chi connectivity index (χ3v) is 4.36. The third kappa shape index (κ3) is 3.35. The van der Waals surface area contributed by atoms with Crippen molar-refractivity contribution in [3.63, 3.8) is 0 Å². The second kappa shape index (κ2) is 6.64. The zero-order valence-electron chi connectivity index (χ0n) is 12.9. The Bertz CT molecular complexity index is 805. The zero-order chi connectivity index (χ0) is 16.4. The summed E-state index contributed by atoms with van der Waals surface area (Å²) in [5.74, 6) is 0.662. The molecule has 2 aromatic heterocycles. The maximum Gasteiger partial charge on any atom is 0.164 e. The Morgan fingerprint density at radius 1 is 1.26 bits per heavy atom. The first-order chi connectivity index (χ1) is 11.1. The Labute approximate surface area is 142 Å². The van der Waals surface area contributed by atoms with Crippen LogP contribution in [0.4, 0.5) is 5.82 Å². The highest BCUT2D eigenvalue weighted by Gasteiger charge is 2.19. The van der Waals surface area contributed by atoms with Gasteiger partial charge in [0.05, 0.1) is 17.5 Å². The molecule has 2 unspecified atom stereocenters. The maximum atomic E-state index is 10.4. The van der Waals surface area contributed by atoms with Gasteiger partial charge < -0.3 is 10.4 Å². The lowest BCUT2D eigenvalue weighted by Crippen LogP contribution is -2.32. The molecule has 3 rings (SSSR count). The van der Waals surface area contributed by atoms with Crippen molar-refractivity contribution in [3.8, 4) is 0 Å². The zero-order valence-corrected chi connectivity index (χ0v) is 14.5. The summed E-state index contributed by atoms with van der Waals surface area (Å²) >= 11 is 3.43. The number of nitrogens with one attached hydrogen (secondary N) is 1. The Balaban J connectivity index is 1.79. The fourth-order valence-corrected chi connectivity index (χ4v) is 3.10. The summed E-state index contributed by atoms with van der Waals surface area (Å²) in [5, 5.41) is 18.8. The summed E-state index contributed by atoms with van der Waals surface area (Å²) in [6.07, 6.45) is 1.55. The molecule has 0 bridgehead atoms. The van der Waals surface area contributed by atoms with Gasteiger partial charge in [0, 0.05) is 13.5 Å². The Morgan fingerprint density at radius 2 is 2.00 bits per heavy atom. The van der Waals surface area contributed by atoms with Crippen molar-refractivity contribution >= 4 is 32.8 Å². The van der Waals surface area contributed by atoms with E-state index in [9.17, 15) is 5.11 Å². The highest BCUT2D eigenvalue weighted by atomic mass is 79.9. The molecule has 2 N–H and O–H groups in total. The monoisotopic (exact) mass is 375 g/mol. The number of aromatic nitrogens is 4. The number of hydrogen-bond donors (Lipinski definition) is 2. The second-order valence-corrected chi connectivity index (χ2v) is 6.28. The topological polar surface area (TPSA) is 75.9 Å². The normalized spacial score (nSPS) is 13.9. The maximum absolute atomic E-state index is 10.4. The highest BCUT2D eigenvalue weighted by Crippen LogP contribution is 2.27. The molecule has 0 radical (unpaired) electrons. The first kappa shape index (κ1) is 15.9. The van der Waals surface area contributed by atoms with Gasteiger partial charge in [0.1, 0.15) is 16.7 Å². The predicted octanol–water partition coefficient (Wildman–Crippen LogP) is 2.53. The van der Waals surface area contributed by atoms with Crippen molar-refractivity contribution in [1.82, 2.24) is 19.7 Å². The van der Waals surface area contributed by atoms with Gasteiger partial charge in [-0.05, 0) is 28.4 Å². The van der Waals surface area contributed by atoms with E-state index >= 15 is 0 Å². The summed E-state index contributed by atoms with van der Waals surface area (Å²) in [6.45, 7) is 1.94. The van der Waals surface area contributed by atoms with Crippen molar-refractivity contribution in [2.75, 3.05) is 5.32 Å². The molecule has 7 heteroatoms. The van der Waals surface area contributed by atoms with E-state index in [0.29, 0.717) is 16.8 Å². The Kier molecular flexibility index (Phi) is 4.58. The molecule has 0 amide bonds. The van der Waals surface area contributed by atoms with Crippen molar-refractivity contribution in [2.24, 2.45) is 7.05 Å². The molecule has 0 aliphatic heterocycles. The van der Waals surface area contributed by atoms with Crippen LogP contribution in [0.3, 0.4) is 0 Å². The molecule has 23 heavy (non-hydrogen) atoms. The van der Waals surface area contributed by atoms with Crippen LogP contribution in [0.15, 0.2) is 41.3 Å². The molecular formula is C16H18BrN5O. The number of benzene rings is 1. The van der Waals surface area contributed by atoms with E-state index in [4.69, 9.17) is 0 Å². The molecule has 0 aliphatic carbocycles. The smallest absolute Gasteiger partial charge is 0.164 e. The van der Waals surface area contributed by atoms with Gasteiger partial charge >= 0.3 is 0 Å². The van der Waals surface area contributed by atoms with E-state index in [1.807, 2.05) is 44.3 Å². The largest absolute Gasteiger partial charge is 0.391 e. The molecule has 0 saturated heterocycles. The number of halogens is 1. The van der Waals surface area contributed by atoms with E-state index in [1.54, 1.807) is 4.68 Å². The van der Waals surface area contributed by atoms with Crippen LogP contribution < -0.4 is 5.32 Å². The summed E-state index contributed by atoms with van der Waals surface area (Å²) in [5.41, 5.74) is 1.84. The number of aliphatic hydroxyl groups excluding tert-OH is 1. The molecule has 6 nitrogen and oxygen atoms in total.